The van der Waals surface area contributed by atoms with Gasteiger partial charge in [-0.2, -0.15) is 13.5 Å². The molecule has 0 radical (unpaired) electrons. The number of aliphatic hydroxyl groups is 7. The number of aliphatic imine (C=N–C) groups is 2. The Labute approximate surface area is 284 Å². The van der Waals surface area contributed by atoms with Gasteiger partial charge in [0.2, 0.25) is 0 Å². The lowest BCUT2D eigenvalue weighted by atomic mass is 9.81. The van der Waals surface area contributed by atoms with E-state index in [1.165, 1.54) is 14.0 Å². The smallest absolute Gasteiger partial charge is 0.394 e. The average molecular weight is 753 g/mol. The van der Waals surface area contributed by atoms with Crippen LogP contribution in [-0.4, -0.2) is 181 Å². The summed E-state index contributed by atoms with van der Waals surface area (Å²) >= 11 is 4.74. The molecular formula is C22H44N10O15S2. The molecule has 27 heteroatoms. The van der Waals surface area contributed by atoms with Gasteiger partial charge < -0.3 is 88.7 Å². The van der Waals surface area contributed by atoms with Crippen LogP contribution in [0.25, 0.3) is 0 Å². The predicted molar refractivity (Wildman–Crippen MR) is 169 cm³/mol. The fourth-order valence-electron chi connectivity index (χ4n) is 5.29. The molecule has 0 spiro atoms. The van der Waals surface area contributed by atoms with Gasteiger partial charge in [0.25, 0.3) is 0 Å². The second-order valence-corrected chi connectivity index (χ2v) is 12.3. The lowest BCUT2D eigenvalue weighted by Gasteiger charge is -2.45. The van der Waals surface area contributed by atoms with E-state index in [9.17, 15) is 35.7 Å². The quantitative estimate of drug-likeness (QED) is 0.0324. The molecule has 3 aliphatic rings. The molecule has 0 amide bonds. The highest BCUT2D eigenvalue weighted by Crippen LogP contribution is 2.38. The molecule has 3 fully saturated rings. The number of nitrogens with zero attached hydrogens (tertiary/aromatic N) is 3. The standard InChI is InChI=1S/C22H42N10O11S.H2O4S/c1-5-22(39,4-29-32-21(27)44)16(43-17-9(28-2)13(37)10(34)6(3-33)41-17)18(40-5)42-15-8(31-20(25)26)11(35)7(30-19(23)24)12(36)14(15)38;1-5(2,3)4/h4-18,28,33-39H,3H2,1-2H3,(H4,23,24,30)(H4,25,26,31)(H3,27,32,44);(H2,1,2,3,4)/b29-4+;/t5-,6+,7-,8-,9-,10+,11-,12+,13+,14-,15-,16-,17-,18+,22-;/m0./s1. The zero-order chi connectivity index (χ0) is 37.6. The Balaban J connectivity index is 0.00000155. The fourth-order valence-corrected chi connectivity index (χ4v) is 5.35. The molecule has 0 aromatic carbocycles. The molecule has 21 N–H and O–H groups in total. The van der Waals surface area contributed by atoms with Gasteiger partial charge >= 0.3 is 10.4 Å². The topological polar surface area (TPSA) is 444 Å². The van der Waals surface area contributed by atoms with Gasteiger partial charge in [0, 0.05) is 0 Å². The summed E-state index contributed by atoms with van der Waals surface area (Å²) in [5.74, 6) is -1.02. The van der Waals surface area contributed by atoms with Gasteiger partial charge in [-0.15, -0.1) is 0 Å². The van der Waals surface area contributed by atoms with E-state index in [1.54, 1.807) is 0 Å². The molecule has 0 bridgehead atoms. The van der Waals surface area contributed by atoms with E-state index < -0.39 is 120 Å². The number of rotatable bonds is 10. The number of hydrogen-bond donors (Lipinski definition) is 16. The summed E-state index contributed by atoms with van der Waals surface area (Å²) in [7, 11) is -3.23. The van der Waals surface area contributed by atoms with Crippen LogP contribution in [0, 0.1) is 0 Å². The molecule has 0 unspecified atom stereocenters. The highest BCUT2D eigenvalue weighted by Gasteiger charge is 2.60. The number of nitrogens with one attached hydrogen (secondary N) is 2. The van der Waals surface area contributed by atoms with E-state index in [4.69, 9.17) is 77.4 Å². The SMILES string of the molecule is CN[C@@H]1[C@H](O[C@H]2[C@@H](O[C@@H]3[C@@H](O)[C@H](O)[C@@H](N=C(N)N)[C@H](O)[C@@H]3N=C(N)N)O[C@@H](C)[C@@]2(O)/C=N/NC(N)=S)O[C@H](CO)[C@@H](O)[C@@H]1O.O=S(=O)(O)O. The highest BCUT2D eigenvalue weighted by atomic mass is 32.3. The molecule has 49 heavy (non-hydrogen) atoms. The van der Waals surface area contributed by atoms with Gasteiger partial charge in [-0.3, -0.25) is 14.5 Å². The van der Waals surface area contributed by atoms with Crippen LogP contribution in [0.3, 0.4) is 0 Å². The van der Waals surface area contributed by atoms with Crippen molar-refractivity contribution in [3.8, 4) is 0 Å². The van der Waals surface area contributed by atoms with Crippen molar-refractivity contribution in [3.05, 3.63) is 0 Å². The third kappa shape index (κ3) is 10.9. The second kappa shape index (κ2) is 17.5. The fraction of sp³-hybridized carbons (Fsp3) is 0.818. The molecular weight excluding hydrogens is 708 g/mol. The maximum absolute atomic E-state index is 11.8. The van der Waals surface area contributed by atoms with Crippen molar-refractivity contribution in [1.82, 2.24) is 10.7 Å². The summed E-state index contributed by atoms with van der Waals surface area (Å²) in [5, 5.41) is 81.7. The average Bonchev–Trinajstić information content (AvgIpc) is 3.20. The first-order valence-electron chi connectivity index (χ1n) is 14.1. The maximum Gasteiger partial charge on any atom is 0.394 e. The second-order valence-electron chi connectivity index (χ2n) is 11.0. The molecule has 25 nitrogen and oxygen atoms in total. The van der Waals surface area contributed by atoms with E-state index in [0.29, 0.717) is 0 Å². The summed E-state index contributed by atoms with van der Waals surface area (Å²) in [6.45, 7) is 0.721. The van der Waals surface area contributed by atoms with Crippen molar-refractivity contribution < 1.29 is 72.2 Å². The van der Waals surface area contributed by atoms with Crippen LogP contribution in [0.4, 0.5) is 0 Å². The zero-order valence-electron chi connectivity index (χ0n) is 25.9. The monoisotopic (exact) mass is 752 g/mol. The summed E-state index contributed by atoms with van der Waals surface area (Å²) in [6, 6.07) is -4.07. The minimum atomic E-state index is -4.67. The van der Waals surface area contributed by atoms with E-state index in [2.05, 4.69) is 25.8 Å². The number of aliphatic hydroxyl groups excluding tert-OH is 6. The molecule has 3 rings (SSSR count). The van der Waals surface area contributed by atoms with Crippen LogP contribution in [0.1, 0.15) is 6.92 Å². The molecule has 0 aromatic heterocycles. The summed E-state index contributed by atoms with van der Waals surface area (Å²) < 4.78 is 55.2. The number of likely N-dealkylation sites (N-methyl/N-ethyl adjacent to an activating group) is 1. The van der Waals surface area contributed by atoms with Crippen LogP contribution in [0.15, 0.2) is 15.1 Å². The van der Waals surface area contributed by atoms with Crippen LogP contribution in [0.5, 0.6) is 0 Å². The van der Waals surface area contributed by atoms with Crippen LogP contribution in [-0.2, 0) is 29.3 Å². The Hall–Kier alpha value is -2.71. The van der Waals surface area contributed by atoms with Crippen molar-refractivity contribution in [3.63, 3.8) is 0 Å². The molecule has 15 atom stereocenters. The Morgan fingerprint density at radius 2 is 1.45 bits per heavy atom. The third-order valence-corrected chi connectivity index (χ3v) is 7.69. The number of ether oxygens (including phenoxy) is 4. The third-order valence-electron chi connectivity index (χ3n) is 7.59. The molecule has 2 saturated heterocycles. The lowest BCUT2D eigenvalue weighted by molar-refractivity contribution is -0.313. The first-order chi connectivity index (χ1) is 22.6. The van der Waals surface area contributed by atoms with Crippen molar-refractivity contribution in [2.75, 3.05) is 13.7 Å². The summed E-state index contributed by atoms with van der Waals surface area (Å²) in [6.07, 6.45) is -16.2. The first-order valence-corrected chi connectivity index (χ1v) is 15.9. The van der Waals surface area contributed by atoms with Gasteiger partial charge in [0.1, 0.15) is 60.9 Å². The summed E-state index contributed by atoms with van der Waals surface area (Å²) in [4.78, 5) is 7.71. The Kier molecular flexibility index (Phi) is 15.1. The van der Waals surface area contributed by atoms with Crippen LogP contribution >= 0.6 is 12.2 Å². The number of guanidine groups is 2. The van der Waals surface area contributed by atoms with Crippen LogP contribution in [0.2, 0.25) is 0 Å². The molecule has 284 valence electrons. The number of nitrogens with two attached hydrogens (primary N) is 5. The lowest BCUT2D eigenvalue weighted by Crippen LogP contribution is -2.66. The van der Waals surface area contributed by atoms with Gasteiger partial charge in [0.05, 0.1) is 25.0 Å². The Bertz CT molecular complexity index is 1300. The minimum absolute atomic E-state index is 0.237. The first kappa shape index (κ1) is 42.5. The minimum Gasteiger partial charge on any atom is -0.394 e. The largest absolute Gasteiger partial charge is 0.394 e. The van der Waals surface area contributed by atoms with Gasteiger partial charge in [-0.25, -0.2) is 9.98 Å². The Morgan fingerprint density at radius 1 is 0.898 bits per heavy atom. The molecule has 1 aliphatic carbocycles. The number of thiocarbonyl (C=S) groups is 1. The van der Waals surface area contributed by atoms with Crippen molar-refractivity contribution in [1.29, 1.82) is 0 Å². The molecule has 2 aliphatic heterocycles. The zero-order valence-corrected chi connectivity index (χ0v) is 27.5. The van der Waals surface area contributed by atoms with Crippen LogP contribution < -0.4 is 39.4 Å². The molecule has 1 saturated carbocycles. The van der Waals surface area contributed by atoms with Crippen molar-refractivity contribution >= 4 is 45.9 Å². The normalized spacial score (nSPS) is 41.0. The van der Waals surface area contributed by atoms with Gasteiger partial charge in [-0.05, 0) is 26.2 Å². The maximum atomic E-state index is 11.8. The molecule has 2 heterocycles. The number of hydrazone groups is 1. The van der Waals surface area contributed by atoms with Gasteiger partial charge in [0.15, 0.2) is 35.2 Å². The van der Waals surface area contributed by atoms with E-state index in [1.807, 2.05) is 0 Å². The van der Waals surface area contributed by atoms with Crippen molar-refractivity contribution in [2.24, 2.45) is 43.8 Å². The number of hydrogen-bond acceptors (Lipinski definition) is 18. The Morgan fingerprint density at radius 3 is 1.94 bits per heavy atom. The molecule has 0 aromatic rings. The van der Waals surface area contributed by atoms with E-state index in [0.717, 1.165) is 6.21 Å². The highest BCUT2D eigenvalue weighted by molar-refractivity contribution is 7.80. The van der Waals surface area contributed by atoms with Crippen molar-refractivity contribution in [2.45, 2.75) is 98.2 Å². The van der Waals surface area contributed by atoms with E-state index in [-0.39, 0.29) is 5.11 Å². The summed E-state index contributed by atoms with van der Waals surface area (Å²) in [5.41, 5.74) is 27.5. The van der Waals surface area contributed by atoms with E-state index >= 15 is 0 Å². The predicted octanol–water partition coefficient (Wildman–Crippen LogP) is -9.19. The van der Waals surface area contributed by atoms with Gasteiger partial charge in [-0.1, -0.05) is 0 Å².